The Balaban J connectivity index is 2.13. The van der Waals surface area contributed by atoms with Crippen LogP contribution in [0.3, 0.4) is 0 Å². The third-order valence-corrected chi connectivity index (χ3v) is 5.48. The van der Waals surface area contributed by atoms with Crippen LogP contribution >= 0.6 is 11.3 Å². The Morgan fingerprint density at radius 3 is 2.74 bits per heavy atom. The van der Waals surface area contributed by atoms with Gasteiger partial charge < -0.3 is 19.6 Å². The van der Waals surface area contributed by atoms with Crippen molar-refractivity contribution in [3.8, 4) is 0 Å². The number of aromatic nitrogens is 2. The topological polar surface area (TPSA) is 87.7 Å². The van der Waals surface area contributed by atoms with E-state index in [4.69, 9.17) is 9.47 Å². The van der Waals surface area contributed by atoms with E-state index in [-0.39, 0.29) is 18.3 Å². The molecule has 0 saturated heterocycles. The smallest absolute Gasteiger partial charge is 0.259 e. The molecular formula is C19H31N3O4S. The van der Waals surface area contributed by atoms with Crippen LogP contribution in [0.1, 0.15) is 36.5 Å². The zero-order chi connectivity index (χ0) is 20.0. The van der Waals surface area contributed by atoms with Crippen molar-refractivity contribution in [2.45, 2.75) is 52.9 Å². The van der Waals surface area contributed by atoms with E-state index in [0.717, 1.165) is 28.2 Å². The molecule has 152 valence electrons. The highest BCUT2D eigenvalue weighted by Gasteiger charge is 2.17. The maximum Gasteiger partial charge on any atom is 0.259 e. The molecule has 7 nitrogen and oxygen atoms in total. The quantitative estimate of drug-likeness (QED) is 0.566. The van der Waals surface area contributed by atoms with E-state index in [9.17, 15) is 9.90 Å². The number of methoxy groups -OCH3 is 1. The fraction of sp³-hybridized carbons (Fsp3) is 0.684. The second kappa shape index (κ2) is 10.3. The summed E-state index contributed by atoms with van der Waals surface area (Å²) in [5, 5.41) is 11.0. The minimum atomic E-state index is -0.600. The molecule has 2 heterocycles. The summed E-state index contributed by atoms with van der Waals surface area (Å²) in [5.41, 5.74) is 0.894. The lowest BCUT2D eigenvalue weighted by atomic mass is 10.2. The SMILES string of the molecule is COCCCN(Cc1nc2sc(C)c(C)c2c(=O)[nH]1)CC(O)COC(C)C. The van der Waals surface area contributed by atoms with Crippen molar-refractivity contribution in [2.24, 2.45) is 0 Å². The Bertz CT molecular complexity index is 787. The number of hydrogen-bond donors (Lipinski definition) is 2. The number of aliphatic hydroxyl groups is 1. The molecule has 0 aliphatic carbocycles. The van der Waals surface area contributed by atoms with Gasteiger partial charge in [0.05, 0.1) is 30.7 Å². The standard InChI is InChI=1S/C19H31N3O4S/c1-12(2)26-11-15(23)9-22(7-6-8-25-5)10-16-20-18(24)17-13(3)14(4)27-19(17)21-16/h12,15,23H,6-11H2,1-5H3,(H,20,21,24). The number of rotatable bonds is 11. The molecule has 0 spiro atoms. The van der Waals surface area contributed by atoms with Gasteiger partial charge in [-0.1, -0.05) is 0 Å². The van der Waals surface area contributed by atoms with E-state index >= 15 is 0 Å². The number of ether oxygens (including phenoxy) is 2. The molecule has 0 aromatic carbocycles. The van der Waals surface area contributed by atoms with Crippen molar-refractivity contribution in [1.82, 2.24) is 14.9 Å². The highest BCUT2D eigenvalue weighted by molar-refractivity contribution is 7.18. The molecule has 0 amide bonds. The van der Waals surface area contributed by atoms with Crippen LogP contribution < -0.4 is 5.56 Å². The molecule has 1 unspecified atom stereocenters. The van der Waals surface area contributed by atoms with Gasteiger partial charge in [0.25, 0.3) is 5.56 Å². The van der Waals surface area contributed by atoms with E-state index in [0.29, 0.717) is 30.9 Å². The third kappa shape index (κ3) is 6.36. The van der Waals surface area contributed by atoms with Gasteiger partial charge >= 0.3 is 0 Å². The van der Waals surface area contributed by atoms with Crippen molar-refractivity contribution in [1.29, 1.82) is 0 Å². The summed E-state index contributed by atoms with van der Waals surface area (Å²) < 4.78 is 10.6. The molecule has 0 saturated carbocycles. The predicted molar refractivity (Wildman–Crippen MR) is 109 cm³/mol. The first-order valence-corrected chi connectivity index (χ1v) is 10.1. The number of aromatic amines is 1. The molecule has 1 atom stereocenters. The molecule has 0 fully saturated rings. The molecule has 0 aliphatic heterocycles. The van der Waals surface area contributed by atoms with Crippen LogP contribution in [0.4, 0.5) is 0 Å². The monoisotopic (exact) mass is 397 g/mol. The number of aliphatic hydroxyl groups excluding tert-OH is 1. The molecule has 0 aliphatic rings. The second-order valence-electron chi connectivity index (χ2n) is 7.09. The van der Waals surface area contributed by atoms with Gasteiger partial charge in [0.15, 0.2) is 0 Å². The van der Waals surface area contributed by atoms with Gasteiger partial charge in [0, 0.05) is 31.7 Å². The van der Waals surface area contributed by atoms with Gasteiger partial charge in [-0.05, 0) is 39.7 Å². The minimum Gasteiger partial charge on any atom is -0.389 e. The molecule has 27 heavy (non-hydrogen) atoms. The number of thiophene rings is 1. The van der Waals surface area contributed by atoms with Crippen LogP contribution in [0.5, 0.6) is 0 Å². The normalized spacial score (nSPS) is 13.2. The minimum absolute atomic E-state index is 0.0762. The van der Waals surface area contributed by atoms with Crippen molar-refractivity contribution in [3.05, 3.63) is 26.6 Å². The Labute approximate surface area is 164 Å². The van der Waals surface area contributed by atoms with Gasteiger partial charge in [-0.15, -0.1) is 11.3 Å². The Morgan fingerprint density at radius 2 is 2.07 bits per heavy atom. The highest BCUT2D eigenvalue weighted by Crippen LogP contribution is 2.25. The fourth-order valence-corrected chi connectivity index (χ4v) is 3.96. The summed E-state index contributed by atoms with van der Waals surface area (Å²) in [6.45, 7) is 10.4. The van der Waals surface area contributed by atoms with Crippen molar-refractivity contribution < 1.29 is 14.6 Å². The maximum atomic E-state index is 12.5. The van der Waals surface area contributed by atoms with Gasteiger partial charge in [0.1, 0.15) is 10.7 Å². The third-order valence-electron chi connectivity index (χ3n) is 4.38. The van der Waals surface area contributed by atoms with E-state index in [1.54, 1.807) is 18.4 Å². The predicted octanol–water partition coefficient (Wildman–Crippen LogP) is 2.23. The summed E-state index contributed by atoms with van der Waals surface area (Å²) >= 11 is 1.54. The molecular weight excluding hydrogens is 366 g/mol. The van der Waals surface area contributed by atoms with E-state index in [1.165, 1.54) is 0 Å². The fourth-order valence-electron chi connectivity index (χ4n) is 2.91. The molecule has 0 radical (unpaired) electrons. The number of H-pyrrole nitrogens is 1. The number of fused-ring (bicyclic) bond motifs is 1. The summed E-state index contributed by atoms with van der Waals surface area (Å²) in [6, 6.07) is 0. The molecule has 2 N–H and O–H groups in total. The summed E-state index contributed by atoms with van der Waals surface area (Å²) in [6.07, 6.45) is 0.307. The molecule has 0 bridgehead atoms. The summed E-state index contributed by atoms with van der Waals surface area (Å²) in [5.74, 6) is 0.614. The number of nitrogens with one attached hydrogen (secondary N) is 1. The average molecular weight is 398 g/mol. The van der Waals surface area contributed by atoms with E-state index in [1.807, 2.05) is 27.7 Å². The lowest BCUT2D eigenvalue weighted by Gasteiger charge is -2.25. The molecule has 2 aromatic rings. The lowest BCUT2D eigenvalue weighted by molar-refractivity contribution is -0.0106. The van der Waals surface area contributed by atoms with E-state index < -0.39 is 6.10 Å². The zero-order valence-corrected chi connectivity index (χ0v) is 17.7. The zero-order valence-electron chi connectivity index (χ0n) is 16.9. The average Bonchev–Trinajstić information content (AvgIpc) is 2.87. The van der Waals surface area contributed by atoms with Gasteiger partial charge in [-0.3, -0.25) is 9.69 Å². The lowest BCUT2D eigenvalue weighted by Crippen LogP contribution is -2.37. The van der Waals surface area contributed by atoms with Crippen LogP contribution in [0, 0.1) is 13.8 Å². The summed E-state index contributed by atoms with van der Waals surface area (Å²) in [4.78, 5) is 24.0. The first-order valence-electron chi connectivity index (χ1n) is 9.31. The Kier molecular flexibility index (Phi) is 8.37. The van der Waals surface area contributed by atoms with Gasteiger partial charge in [0.2, 0.25) is 0 Å². The molecule has 2 aromatic heterocycles. The van der Waals surface area contributed by atoms with Crippen LogP contribution in [-0.2, 0) is 16.0 Å². The highest BCUT2D eigenvalue weighted by atomic mass is 32.1. The second-order valence-corrected chi connectivity index (χ2v) is 8.30. The first-order chi connectivity index (χ1) is 12.8. The van der Waals surface area contributed by atoms with Crippen LogP contribution in [-0.4, -0.2) is 65.6 Å². The van der Waals surface area contributed by atoms with Crippen LogP contribution in [0.15, 0.2) is 4.79 Å². The first kappa shape index (κ1) is 22.0. The maximum absolute atomic E-state index is 12.5. The molecule has 2 rings (SSSR count). The van der Waals surface area contributed by atoms with E-state index in [2.05, 4.69) is 14.9 Å². The van der Waals surface area contributed by atoms with Crippen LogP contribution in [0.25, 0.3) is 10.2 Å². The summed E-state index contributed by atoms with van der Waals surface area (Å²) in [7, 11) is 1.67. The number of hydrogen-bond acceptors (Lipinski definition) is 7. The van der Waals surface area contributed by atoms with Crippen molar-refractivity contribution in [2.75, 3.05) is 33.4 Å². The number of nitrogens with zero attached hydrogens (tertiary/aromatic N) is 2. The van der Waals surface area contributed by atoms with Crippen molar-refractivity contribution in [3.63, 3.8) is 0 Å². The van der Waals surface area contributed by atoms with Gasteiger partial charge in [-0.25, -0.2) is 4.98 Å². The van der Waals surface area contributed by atoms with Crippen LogP contribution in [0.2, 0.25) is 0 Å². The largest absolute Gasteiger partial charge is 0.389 e. The molecule has 8 heteroatoms. The number of aryl methyl sites for hydroxylation is 2. The Morgan fingerprint density at radius 1 is 1.33 bits per heavy atom. The Hall–Kier alpha value is -1.32. The van der Waals surface area contributed by atoms with Crippen molar-refractivity contribution >= 4 is 21.6 Å². The van der Waals surface area contributed by atoms with Gasteiger partial charge in [-0.2, -0.15) is 0 Å².